The highest BCUT2D eigenvalue weighted by Crippen LogP contribution is 2.38. The number of nitrogens with two attached hydrogens (primary N) is 1. The van der Waals surface area contributed by atoms with E-state index in [9.17, 15) is 0 Å². The van der Waals surface area contributed by atoms with Crippen LogP contribution in [0, 0.1) is 5.92 Å². The van der Waals surface area contributed by atoms with Gasteiger partial charge in [0, 0.05) is 12.5 Å². The van der Waals surface area contributed by atoms with Crippen molar-refractivity contribution in [3.63, 3.8) is 0 Å². The number of hydrogen-bond acceptors (Lipinski definition) is 5. The number of nitrogens with zero attached hydrogens (tertiary/aromatic N) is 2. The first-order valence-electron chi connectivity index (χ1n) is 6.02. The van der Waals surface area contributed by atoms with Crippen LogP contribution in [0.3, 0.4) is 0 Å². The Kier molecular flexibility index (Phi) is 2.90. The lowest BCUT2D eigenvalue weighted by molar-refractivity contribution is 0.359. The molecule has 0 amide bonds. The zero-order valence-electron chi connectivity index (χ0n) is 9.26. The highest BCUT2D eigenvalue weighted by molar-refractivity contribution is 7.99. The largest absolute Gasteiger partial charge is 0.339 e. The Morgan fingerprint density at radius 1 is 1.44 bits per heavy atom. The van der Waals surface area contributed by atoms with E-state index < -0.39 is 0 Å². The van der Waals surface area contributed by atoms with E-state index in [0.29, 0.717) is 11.2 Å². The molecule has 5 heteroatoms. The van der Waals surface area contributed by atoms with Crippen molar-refractivity contribution in [2.75, 3.05) is 5.75 Å². The minimum absolute atomic E-state index is 0.213. The molecule has 3 rings (SSSR count). The topological polar surface area (TPSA) is 64.9 Å². The highest BCUT2D eigenvalue weighted by Gasteiger charge is 2.30. The average Bonchev–Trinajstić information content (AvgIpc) is 2.80. The molecule has 88 valence electrons. The van der Waals surface area contributed by atoms with Crippen LogP contribution in [-0.4, -0.2) is 21.9 Å². The monoisotopic (exact) mass is 239 g/mol. The van der Waals surface area contributed by atoms with Crippen LogP contribution in [0.4, 0.5) is 0 Å². The lowest BCUT2D eigenvalue weighted by Gasteiger charge is -2.05. The SMILES string of the molecule is NC(Cc1nc(C2CCCS2)no1)C1CC1. The van der Waals surface area contributed by atoms with Crippen molar-refractivity contribution in [2.45, 2.75) is 43.4 Å². The number of thioether (sulfide) groups is 1. The van der Waals surface area contributed by atoms with Gasteiger partial charge in [0.2, 0.25) is 5.89 Å². The minimum Gasteiger partial charge on any atom is -0.339 e. The second-order valence-electron chi connectivity index (χ2n) is 4.75. The van der Waals surface area contributed by atoms with Gasteiger partial charge in [0.25, 0.3) is 0 Å². The van der Waals surface area contributed by atoms with Gasteiger partial charge in [-0.1, -0.05) is 5.16 Å². The van der Waals surface area contributed by atoms with Crippen molar-refractivity contribution < 1.29 is 4.52 Å². The van der Waals surface area contributed by atoms with Crippen molar-refractivity contribution in [3.05, 3.63) is 11.7 Å². The second-order valence-corrected chi connectivity index (χ2v) is 6.06. The van der Waals surface area contributed by atoms with E-state index in [1.54, 1.807) is 0 Å². The summed E-state index contributed by atoms with van der Waals surface area (Å²) in [5.74, 6) is 3.51. The molecule has 1 aromatic rings. The Morgan fingerprint density at radius 3 is 3.00 bits per heavy atom. The zero-order chi connectivity index (χ0) is 11.0. The van der Waals surface area contributed by atoms with E-state index >= 15 is 0 Å². The molecule has 2 atom stereocenters. The molecule has 1 aromatic heterocycles. The van der Waals surface area contributed by atoms with Gasteiger partial charge in [-0.05, 0) is 37.4 Å². The maximum atomic E-state index is 6.04. The van der Waals surface area contributed by atoms with Gasteiger partial charge < -0.3 is 10.3 Å². The van der Waals surface area contributed by atoms with Gasteiger partial charge in [-0.3, -0.25) is 0 Å². The summed E-state index contributed by atoms with van der Waals surface area (Å²) in [6.07, 6.45) is 5.72. The molecule has 2 aliphatic rings. The third kappa shape index (κ3) is 2.25. The second kappa shape index (κ2) is 4.37. The molecule has 2 heterocycles. The molecule has 1 aliphatic carbocycles. The van der Waals surface area contributed by atoms with E-state index in [1.165, 1.54) is 31.4 Å². The Labute approximate surface area is 99.4 Å². The summed E-state index contributed by atoms with van der Waals surface area (Å²) in [4.78, 5) is 4.46. The van der Waals surface area contributed by atoms with Crippen molar-refractivity contribution in [3.8, 4) is 0 Å². The summed E-state index contributed by atoms with van der Waals surface area (Å²) in [5, 5.41) is 4.52. The van der Waals surface area contributed by atoms with Crippen LogP contribution < -0.4 is 5.73 Å². The van der Waals surface area contributed by atoms with Gasteiger partial charge in [0.1, 0.15) is 0 Å². The average molecular weight is 239 g/mol. The molecule has 0 spiro atoms. The molecule has 4 nitrogen and oxygen atoms in total. The van der Waals surface area contributed by atoms with Gasteiger partial charge >= 0.3 is 0 Å². The summed E-state index contributed by atoms with van der Waals surface area (Å²) in [7, 11) is 0. The molecule has 0 aromatic carbocycles. The van der Waals surface area contributed by atoms with Crippen LogP contribution in [0.2, 0.25) is 0 Å². The fraction of sp³-hybridized carbons (Fsp3) is 0.818. The minimum atomic E-state index is 0.213. The zero-order valence-corrected chi connectivity index (χ0v) is 10.1. The normalized spacial score (nSPS) is 27.2. The first kappa shape index (κ1) is 10.6. The van der Waals surface area contributed by atoms with E-state index in [1.807, 2.05) is 11.8 Å². The van der Waals surface area contributed by atoms with Crippen molar-refractivity contribution in [2.24, 2.45) is 11.7 Å². The van der Waals surface area contributed by atoms with E-state index in [0.717, 1.165) is 18.1 Å². The van der Waals surface area contributed by atoms with Gasteiger partial charge in [-0.2, -0.15) is 16.7 Å². The number of aromatic nitrogens is 2. The molecule has 2 fully saturated rings. The molecule has 16 heavy (non-hydrogen) atoms. The number of rotatable bonds is 4. The van der Waals surface area contributed by atoms with E-state index in [-0.39, 0.29) is 6.04 Å². The quantitative estimate of drug-likeness (QED) is 0.869. The summed E-state index contributed by atoms with van der Waals surface area (Å²) >= 11 is 1.93. The van der Waals surface area contributed by atoms with Gasteiger partial charge in [0.05, 0.1) is 5.25 Å². The highest BCUT2D eigenvalue weighted by atomic mass is 32.2. The molecular weight excluding hydrogens is 222 g/mol. The molecule has 1 aliphatic heterocycles. The first-order chi connectivity index (χ1) is 7.83. The van der Waals surface area contributed by atoms with Gasteiger partial charge in [-0.15, -0.1) is 0 Å². The molecule has 0 bridgehead atoms. The van der Waals surface area contributed by atoms with Crippen LogP contribution in [0.15, 0.2) is 4.52 Å². The fourth-order valence-electron chi connectivity index (χ4n) is 2.16. The van der Waals surface area contributed by atoms with Gasteiger partial charge in [-0.25, -0.2) is 0 Å². The summed E-state index contributed by atoms with van der Waals surface area (Å²) in [6.45, 7) is 0. The van der Waals surface area contributed by atoms with Gasteiger partial charge in [0.15, 0.2) is 5.82 Å². The third-order valence-corrected chi connectivity index (χ3v) is 4.71. The summed E-state index contributed by atoms with van der Waals surface area (Å²) in [5.41, 5.74) is 6.04. The third-order valence-electron chi connectivity index (χ3n) is 3.34. The Bertz CT molecular complexity index is 358. The molecule has 0 radical (unpaired) electrons. The Hall–Kier alpha value is -0.550. The van der Waals surface area contributed by atoms with E-state index in [4.69, 9.17) is 10.3 Å². The molecule has 1 saturated heterocycles. The van der Waals surface area contributed by atoms with Crippen LogP contribution in [0.5, 0.6) is 0 Å². The summed E-state index contributed by atoms with van der Waals surface area (Å²) < 4.78 is 5.27. The van der Waals surface area contributed by atoms with Crippen LogP contribution >= 0.6 is 11.8 Å². The molecule has 2 N–H and O–H groups in total. The number of hydrogen-bond donors (Lipinski definition) is 1. The molecule has 1 saturated carbocycles. The lowest BCUT2D eigenvalue weighted by atomic mass is 10.1. The van der Waals surface area contributed by atoms with E-state index in [2.05, 4.69) is 10.1 Å². The maximum Gasteiger partial charge on any atom is 0.228 e. The molecular formula is C11H17N3OS. The van der Waals surface area contributed by atoms with Crippen molar-refractivity contribution >= 4 is 11.8 Å². The lowest BCUT2D eigenvalue weighted by Crippen LogP contribution is -2.25. The van der Waals surface area contributed by atoms with Crippen LogP contribution in [0.1, 0.15) is 42.6 Å². The van der Waals surface area contributed by atoms with Crippen LogP contribution in [0.25, 0.3) is 0 Å². The maximum absolute atomic E-state index is 6.04. The predicted molar refractivity (Wildman–Crippen MR) is 63.1 cm³/mol. The fourth-order valence-corrected chi connectivity index (χ4v) is 3.35. The Morgan fingerprint density at radius 2 is 2.31 bits per heavy atom. The molecule has 2 unspecified atom stereocenters. The predicted octanol–water partition coefficient (Wildman–Crippen LogP) is 1.92. The standard InChI is InChI=1S/C11H17N3OS/c12-8(7-3-4-7)6-10-13-11(14-15-10)9-2-1-5-16-9/h7-9H,1-6,12H2. The van der Waals surface area contributed by atoms with Crippen molar-refractivity contribution in [1.82, 2.24) is 10.1 Å². The summed E-state index contributed by atoms with van der Waals surface area (Å²) in [6, 6.07) is 0.213. The Balaban J connectivity index is 1.62. The smallest absolute Gasteiger partial charge is 0.228 e. The first-order valence-corrected chi connectivity index (χ1v) is 7.07. The van der Waals surface area contributed by atoms with Crippen molar-refractivity contribution in [1.29, 1.82) is 0 Å². The van der Waals surface area contributed by atoms with Crippen LogP contribution in [-0.2, 0) is 6.42 Å².